The number of morpholine rings is 1. The molecule has 0 aromatic heterocycles. The highest BCUT2D eigenvalue weighted by Gasteiger charge is 2.17. The molecule has 0 amide bonds. The number of allylic oxidation sites excluding steroid dienone is 1. The van der Waals surface area contributed by atoms with Gasteiger partial charge in [0, 0.05) is 32.4 Å². The molecule has 4 heteroatoms. The van der Waals surface area contributed by atoms with Crippen molar-refractivity contribution < 1.29 is 9.47 Å². The normalized spacial score (nSPS) is 19.1. The molecule has 1 saturated heterocycles. The van der Waals surface area contributed by atoms with E-state index in [1.165, 1.54) is 16.8 Å². The van der Waals surface area contributed by atoms with Crippen LogP contribution >= 0.6 is 0 Å². The van der Waals surface area contributed by atoms with Crippen LogP contribution in [-0.4, -0.2) is 44.4 Å². The van der Waals surface area contributed by atoms with Gasteiger partial charge in [0.05, 0.1) is 25.5 Å². The van der Waals surface area contributed by atoms with E-state index in [9.17, 15) is 0 Å². The maximum absolute atomic E-state index is 5.98. The summed E-state index contributed by atoms with van der Waals surface area (Å²) in [7, 11) is 0. The molecule has 0 unspecified atom stereocenters. The molecule has 1 aromatic carbocycles. The van der Waals surface area contributed by atoms with Gasteiger partial charge in [-0.25, -0.2) is 0 Å². The van der Waals surface area contributed by atoms with Crippen molar-refractivity contribution in [3.05, 3.63) is 35.5 Å². The maximum atomic E-state index is 5.98. The van der Waals surface area contributed by atoms with Crippen LogP contribution in [0.2, 0.25) is 0 Å². The summed E-state index contributed by atoms with van der Waals surface area (Å²) in [5.41, 5.74) is 3.81. The lowest BCUT2D eigenvalue weighted by molar-refractivity contribution is 0.0341. The molecule has 3 rings (SSSR count). The van der Waals surface area contributed by atoms with E-state index in [1.807, 2.05) is 0 Å². The van der Waals surface area contributed by atoms with Gasteiger partial charge in [-0.15, -0.1) is 0 Å². The predicted octanol–water partition coefficient (Wildman–Crippen LogP) is 3.03. The SMILES string of the molecule is CC(C)=CN1CCCOc2cc(CN3CCOCC3)ccc21. The zero-order valence-corrected chi connectivity index (χ0v) is 13.7. The van der Waals surface area contributed by atoms with Gasteiger partial charge in [-0.2, -0.15) is 0 Å². The maximum Gasteiger partial charge on any atom is 0.143 e. The summed E-state index contributed by atoms with van der Waals surface area (Å²) < 4.78 is 11.4. The third-order valence-corrected chi connectivity index (χ3v) is 4.06. The average molecular weight is 302 g/mol. The number of ether oxygens (including phenoxy) is 2. The van der Waals surface area contributed by atoms with E-state index < -0.39 is 0 Å². The van der Waals surface area contributed by atoms with Crippen LogP contribution in [0.15, 0.2) is 30.0 Å². The van der Waals surface area contributed by atoms with Crippen molar-refractivity contribution >= 4 is 5.69 Å². The van der Waals surface area contributed by atoms with Gasteiger partial charge >= 0.3 is 0 Å². The van der Waals surface area contributed by atoms with Crippen LogP contribution in [-0.2, 0) is 11.3 Å². The summed E-state index contributed by atoms with van der Waals surface area (Å²) in [6.45, 7) is 10.8. The van der Waals surface area contributed by atoms with Gasteiger partial charge in [-0.05, 0) is 38.0 Å². The summed E-state index contributed by atoms with van der Waals surface area (Å²) in [6.07, 6.45) is 3.27. The first kappa shape index (κ1) is 15.4. The lowest BCUT2D eigenvalue weighted by atomic mass is 10.1. The molecule has 120 valence electrons. The van der Waals surface area contributed by atoms with E-state index in [0.29, 0.717) is 0 Å². The number of anilines is 1. The molecule has 0 aliphatic carbocycles. The zero-order valence-electron chi connectivity index (χ0n) is 13.7. The molecule has 1 fully saturated rings. The van der Waals surface area contributed by atoms with Gasteiger partial charge in [0.25, 0.3) is 0 Å². The van der Waals surface area contributed by atoms with Crippen molar-refractivity contribution in [2.75, 3.05) is 44.4 Å². The highest BCUT2D eigenvalue weighted by Crippen LogP contribution is 2.33. The lowest BCUT2D eigenvalue weighted by Gasteiger charge is -2.27. The van der Waals surface area contributed by atoms with Gasteiger partial charge in [-0.3, -0.25) is 4.90 Å². The molecule has 2 heterocycles. The van der Waals surface area contributed by atoms with E-state index in [0.717, 1.165) is 58.2 Å². The Kier molecular flexibility index (Phi) is 5.01. The minimum absolute atomic E-state index is 0.793. The molecule has 0 radical (unpaired) electrons. The average Bonchev–Trinajstić information content (AvgIpc) is 2.70. The van der Waals surface area contributed by atoms with Crippen molar-refractivity contribution in [1.29, 1.82) is 0 Å². The largest absolute Gasteiger partial charge is 0.491 e. The minimum Gasteiger partial charge on any atom is -0.491 e. The number of rotatable bonds is 3. The van der Waals surface area contributed by atoms with Crippen LogP contribution in [0.3, 0.4) is 0 Å². The van der Waals surface area contributed by atoms with E-state index >= 15 is 0 Å². The first-order valence-electron chi connectivity index (χ1n) is 8.20. The van der Waals surface area contributed by atoms with Crippen LogP contribution in [0.5, 0.6) is 5.75 Å². The Hall–Kier alpha value is -1.52. The molecule has 0 bridgehead atoms. The second kappa shape index (κ2) is 7.16. The van der Waals surface area contributed by atoms with Crippen LogP contribution in [0, 0.1) is 0 Å². The lowest BCUT2D eigenvalue weighted by Crippen LogP contribution is -2.35. The monoisotopic (exact) mass is 302 g/mol. The quantitative estimate of drug-likeness (QED) is 0.857. The topological polar surface area (TPSA) is 24.9 Å². The van der Waals surface area contributed by atoms with Gasteiger partial charge in [0.1, 0.15) is 5.75 Å². The van der Waals surface area contributed by atoms with E-state index in [-0.39, 0.29) is 0 Å². The molecule has 0 saturated carbocycles. The minimum atomic E-state index is 0.793. The number of fused-ring (bicyclic) bond motifs is 1. The van der Waals surface area contributed by atoms with E-state index in [2.05, 4.69) is 48.0 Å². The molecule has 2 aliphatic heterocycles. The summed E-state index contributed by atoms with van der Waals surface area (Å²) in [6, 6.07) is 6.65. The highest BCUT2D eigenvalue weighted by atomic mass is 16.5. The first-order valence-corrected chi connectivity index (χ1v) is 8.20. The van der Waals surface area contributed by atoms with Crippen LogP contribution in [0.25, 0.3) is 0 Å². The fourth-order valence-corrected chi connectivity index (χ4v) is 3.01. The standard InChI is InChI=1S/C18H26N2O2/c1-15(2)13-20-6-3-9-22-18-12-16(4-5-17(18)20)14-19-7-10-21-11-8-19/h4-5,12-13H,3,6-11,14H2,1-2H3. The van der Waals surface area contributed by atoms with Crippen molar-refractivity contribution in [3.8, 4) is 5.75 Å². The Morgan fingerprint density at radius 1 is 1.14 bits per heavy atom. The van der Waals surface area contributed by atoms with Gasteiger partial charge < -0.3 is 14.4 Å². The van der Waals surface area contributed by atoms with Crippen molar-refractivity contribution in [3.63, 3.8) is 0 Å². The second-order valence-electron chi connectivity index (χ2n) is 6.29. The first-order chi connectivity index (χ1) is 10.7. The number of hydrogen-bond donors (Lipinski definition) is 0. The van der Waals surface area contributed by atoms with Crippen LogP contribution < -0.4 is 9.64 Å². The second-order valence-corrected chi connectivity index (χ2v) is 6.29. The fourth-order valence-electron chi connectivity index (χ4n) is 3.01. The molecular weight excluding hydrogens is 276 g/mol. The van der Waals surface area contributed by atoms with Crippen LogP contribution in [0.4, 0.5) is 5.69 Å². The van der Waals surface area contributed by atoms with Gasteiger partial charge in [-0.1, -0.05) is 11.6 Å². The van der Waals surface area contributed by atoms with Gasteiger partial charge in [0.15, 0.2) is 0 Å². The Bertz CT molecular complexity index is 532. The Balaban J connectivity index is 1.79. The van der Waals surface area contributed by atoms with Crippen molar-refractivity contribution in [2.45, 2.75) is 26.8 Å². The summed E-state index contributed by atoms with van der Waals surface area (Å²) >= 11 is 0. The smallest absolute Gasteiger partial charge is 0.143 e. The molecule has 0 atom stereocenters. The molecule has 0 spiro atoms. The van der Waals surface area contributed by atoms with Crippen LogP contribution in [0.1, 0.15) is 25.8 Å². The van der Waals surface area contributed by atoms with Gasteiger partial charge in [0.2, 0.25) is 0 Å². The molecule has 4 nitrogen and oxygen atoms in total. The molecular formula is C18H26N2O2. The number of nitrogens with zero attached hydrogens (tertiary/aromatic N) is 2. The molecule has 22 heavy (non-hydrogen) atoms. The third-order valence-electron chi connectivity index (χ3n) is 4.06. The Labute approximate surface area is 133 Å². The van der Waals surface area contributed by atoms with E-state index in [4.69, 9.17) is 9.47 Å². The predicted molar refractivity (Wildman–Crippen MR) is 89.4 cm³/mol. The zero-order chi connectivity index (χ0) is 15.4. The Morgan fingerprint density at radius 3 is 2.73 bits per heavy atom. The van der Waals surface area contributed by atoms with Crippen molar-refractivity contribution in [1.82, 2.24) is 4.90 Å². The van der Waals surface area contributed by atoms with Crippen molar-refractivity contribution in [2.24, 2.45) is 0 Å². The molecule has 0 N–H and O–H groups in total. The summed E-state index contributed by atoms with van der Waals surface area (Å²) in [5.74, 6) is 1.01. The highest BCUT2D eigenvalue weighted by molar-refractivity contribution is 5.62. The Morgan fingerprint density at radius 2 is 1.95 bits per heavy atom. The molecule has 2 aliphatic rings. The van der Waals surface area contributed by atoms with E-state index in [1.54, 1.807) is 0 Å². The fraction of sp³-hybridized carbons (Fsp3) is 0.556. The number of benzene rings is 1. The number of hydrogen-bond acceptors (Lipinski definition) is 4. The summed E-state index contributed by atoms with van der Waals surface area (Å²) in [5, 5.41) is 0. The third kappa shape index (κ3) is 3.81. The summed E-state index contributed by atoms with van der Waals surface area (Å²) in [4.78, 5) is 4.76. The molecule has 1 aromatic rings.